The molecule has 2 saturated heterocycles. The monoisotopic (exact) mass is 553 g/mol. The molecule has 1 aromatic carbocycles. The Morgan fingerprint density at radius 2 is 1.90 bits per heavy atom. The summed E-state index contributed by atoms with van der Waals surface area (Å²) in [5, 5.41) is 4.40. The first-order valence-corrected chi connectivity index (χ1v) is 14.0. The van der Waals surface area contributed by atoms with Crippen molar-refractivity contribution in [1.29, 1.82) is 0 Å². The summed E-state index contributed by atoms with van der Waals surface area (Å²) < 4.78 is 5.50. The number of likely N-dealkylation sites (tertiary alicyclic amines) is 1. The average molecular weight is 554 g/mol. The van der Waals surface area contributed by atoms with E-state index >= 15 is 0 Å². The van der Waals surface area contributed by atoms with Gasteiger partial charge in [0, 0.05) is 44.1 Å². The van der Waals surface area contributed by atoms with Crippen molar-refractivity contribution >= 4 is 34.1 Å². The molecule has 2 aliphatic heterocycles. The lowest BCUT2D eigenvalue weighted by atomic mass is 10.0. The smallest absolute Gasteiger partial charge is 0.245 e. The molecule has 1 amide bonds. The number of nitrogens with zero attached hydrogens (tertiary/aromatic N) is 7. The Labute approximate surface area is 239 Å². The zero-order chi connectivity index (χ0) is 28.2. The first kappa shape index (κ1) is 26.9. The van der Waals surface area contributed by atoms with Crippen molar-refractivity contribution in [2.24, 2.45) is 0 Å². The number of carbonyl (C=O) groups excluding carboxylic acids is 1. The number of hydrogen-bond acceptors (Lipinski definition) is 9. The summed E-state index contributed by atoms with van der Waals surface area (Å²) in [4.78, 5) is 40.0. The molecule has 0 bridgehead atoms. The normalized spacial score (nSPS) is 17.9. The predicted molar refractivity (Wildman–Crippen MR) is 159 cm³/mol. The minimum Gasteiger partial charge on any atom is -0.378 e. The molecule has 0 aliphatic carbocycles. The van der Waals surface area contributed by atoms with Crippen LogP contribution in [-0.2, 0) is 16.1 Å². The van der Waals surface area contributed by atoms with Crippen LogP contribution in [0.5, 0.6) is 0 Å². The van der Waals surface area contributed by atoms with Gasteiger partial charge in [-0.2, -0.15) is 0 Å². The molecular weight excluding hydrogens is 518 g/mol. The van der Waals surface area contributed by atoms with E-state index in [1.54, 1.807) is 11.2 Å². The number of rotatable bonds is 8. The van der Waals surface area contributed by atoms with Crippen molar-refractivity contribution in [3.8, 4) is 11.3 Å². The van der Waals surface area contributed by atoms with Crippen LogP contribution in [0, 0.1) is 0 Å². The van der Waals surface area contributed by atoms with E-state index in [-0.39, 0.29) is 11.9 Å². The van der Waals surface area contributed by atoms with Gasteiger partial charge in [-0.05, 0) is 49.2 Å². The number of piperidine rings is 1. The van der Waals surface area contributed by atoms with Crippen molar-refractivity contribution < 1.29 is 9.53 Å². The number of benzene rings is 1. The van der Waals surface area contributed by atoms with Crippen LogP contribution in [0.2, 0.25) is 0 Å². The zero-order valence-corrected chi connectivity index (χ0v) is 23.3. The SMILES string of the molecule is C=CC(=O)N(C)[C@@H]1CCCN(Cc2ncc(Nc3ccc(-c4cc5c(N6CCOCC6)ncnc5[nH]4)cc3)cn2)C1. The number of hydrogen-bond donors (Lipinski definition) is 2. The fourth-order valence-corrected chi connectivity index (χ4v) is 5.52. The minimum atomic E-state index is -0.0369. The van der Waals surface area contributed by atoms with Gasteiger partial charge >= 0.3 is 0 Å². The molecule has 3 aromatic heterocycles. The molecule has 11 heteroatoms. The highest BCUT2D eigenvalue weighted by Crippen LogP contribution is 2.30. The number of anilines is 3. The largest absolute Gasteiger partial charge is 0.378 e. The molecule has 0 radical (unpaired) electrons. The van der Waals surface area contributed by atoms with E-state index < -0.39 is 0 Å². The van der Waals surface area contributed by atoms with Gasteiger partial charge < -0.3 is 24.8 Å². The van der Waals surface area contributed by atoms with E-state index in [4.69, 9.17) is 4.74 Å². The Balaban J connectivity index is 1.08. The van der Waals surface area contributed by atoms with Crippen molar-refractivity contribution in [3.63, 3.8) is 0 Å². The maximum Gasteiger partial charge on any atom is 0.245 e. The van der Waals surface area contributed by atoms with Crippen LogP contribution < -0.4 is 10.2 Å². The highest BCUT2D eigenvalue weighted by Gasteiger charge is 2.25. The van der Waals surface area contributed by atoms with Gasteiger partial charge in [-0.25, -0.2) is 19.9 Å². The molecule has 0 spiro atoms. The summed E-state index contributed by atoms with van der Waals surface area (Å²) in [6.45, 7) is 9.11. The Hall–Kier alpha value is -4.35. The molecule has 2 fully saturated rings. The summed E-state index contributed by atoms with van der Waals surface area (Å²) in [7, 11) is 1.85. The number of morpholine rings is 1. The number of aromatic nitrogens is 5. The number of carbonyl (C=O) groups is 1. The lowest BCUT2D eigenvalue weighted by Crippen LogP contribution is -2.47. The van der Waals surface area contributed by atoms with Gasteiger partial charge in [0.1, 0.15) is 23.6 Å². The van der Waals surface area contributed by atoms with Gasteiger partial charge in [0.15, 0.2) is 0 Å². The molecule has 2 aliphatic rings. The second-order valence-electron chi connectivity index (χ2n) is 10.5. The highest BCUT2D eigenvalue weighted by molar-refractivity contribution is 5.92. The summed E-state index contributed by atoms with van der Waals surface area (Å²) in [5.74, 6) is 1.67. The van der Waals surface area contributed by atoms with E-state index in [9.17, 15) is 4.79 Å². The second-order valence-corrected chi connectivity index (χ2v) is 10.5. The first-order chi connectivity index (χ1) is 20.1. The van der Waals surface area contributed by atoms with E-state index in [0.29, 0.717) is 19.8 Å². The van der Waals surface area contributed by atoms with Crippen molar-refractivity contribution in [3.05, 3.63) is 67.5 Å². The van der Waals surface area contributed by atoms with Gasteiger partial charge in [0.05, 0.1) is 43.2 Å². The van der Waals surface area contributed by atoms with Gasteiger partial charge in [-0.1, -0.05) is 18.7 Å². The molecule has 41 heavy (non-hydrogen) atoms. The molecule has 212 valence electrons. The number of amides is 1. The van der Waals surface area contributed by atoms with Gasteiger partial charge in [0.25, 0.3) is 0 Å². The summed E-state index contributed by atoms with van der Waals surface area (Å²) in [5.41, 5.74) is 4.66. The van der Waals surface area contributed by atoms with Gasteiger partial charge in [-0.3, -0.25) is 9.69 Å². The van der Waals surface area contributed by atoms with E-state index in [0.717, 1.165) is 84.3 Å². The third-order valence-electron chi connectivity index (χ3n) is 7.82. The number of nitrogens with one attached hydrogen (secondary N) is 2. The second kappa shape index (κ2) is 12.0. The number of likely N-dealkylation sites (N-methyl/N-ethyl adjacent to an activating group) is 1. The summed E-state index contributed by atoms with van der Waals surface area (Å²) in [6, 6.07) is 10.5. The average Bonchev–Trinajstić information content (AvgIpc) is 3.47. The summed E-state index contributed by atoms with van der Waals surface area (Å²) in [6.07, 6.45) is 8.65. The minimum absolute atomic E-state index is 0.0369. The fourth-order valence-electron chi connectivity index (χ4n) is 5.52. The Kier molecular flexibility index (Phi) is 7.88. The van der Waals surface area contributed by atoms with Crippen LogP contribution in [0.1, 0.15) is 18.7 Å². The first-order valence-electron chi connectivity index (χ1n) is 14.0. The number of ether oxygens (including phenoxy) is 1. The molecule has 11 nitrogen and oxygen atoms in total. The Bertz CT molecular complexity index is 1500. The quantitative estimate of drug-likeness (QED) is 0.316. The lowest BCUT2D eigenvalue weighted by Gasteiger charge is -2.37. The number of H-pyrrole nitrogens is 1. The van der Waals surface area contributed by atoms with Crippen LogP contribution in [-0.4, -0.2) is 93.1 Å². The van der Waals surface area contributed by atoms with Crippen molar-refractivity contribution in [2.45, 2.75) is 25.4 Å². The van der Waals surface area contributed by atoms with Crippen molar-refractivity contribution in [1.82, 2.24) is 34.7 Å². The van der Waals surface area contributed by atoms with Crippen LogP contribution in [0.4, 0.5) is 17.2 Å². The van der Waals surface area contributed by atoms with Gasteiger partial charge in [0.2, 0.25) is 5.91 Å². The third-order valence-corrected chi connectivity index (χ3v) is 7.82. The number of aromatic amines is 1. The molecule has 2 N–H and O–H groups in total. The highest BCUT2D eigenvalue weighted by atomic mass is 16.5. The fraction of sp³-hybridized carbons (Fsp3) is 0.367. The molecular formula is C30H35N9O2. The molecule has 0 saturated carbocycles. The summed E-state index contributed by atoms with van der Waals surface area (Å²) >= 11 is 0. The Morgan fingerprint density at radius 1 is 1.12 bits per heavy atom. The zero-order valence-electron chi connectivity index (χ0n) is 23.3. The molecule has 0 unspecified atom stereocenters. The maximum absolute atomic E-state index is 12.0. The standard InChI is InChI=1S/C30H35N9O2/c1-3-28(40)37(2)24-5-4-10-38(18-24)19-27-31-16-23(17-32-27)35-22-8-6-21(7-9-22)26-15-25-29(36-26)33-20-34-30(25)39-11-13-41-14-12-39/h3,6-9,15-17,20,24,35H,1,4-5,10-14,18-19H2,2H3,(H,33,34,36)/t24-/m1/s1. The molecule has 1 atom stereocenters. The Morgan fingerprint density at radius 3 is 2.66 bits per heavy atom. The van der Waals surface area contributed by atoms with Crippen molar-refractivity contribution in [2.75, 3.05) is 56.7 Å². The van der Waals surface area contributed by atoms with Crippen LogP contribution in [0.25, 0.3) is 22.3 Å². The van der Waals surface area contributed by atoms with E-state index in [1.807, 2.05) is 31.6 Å². The predicted octanol–water partition coefficient (Wildman–Crippen LogP) is 3.60. The topological polar surface area (TPSA) is 115 Å². The van der Waals surface area contributed by atoms with E-state index in [2.05, 4.69) is 64.8 Å². The molecule has 5 heterocycles. The van der Waals surface area contributed by atoms with Crippen LogP contribution >= 0.6 is 0 Å². The maximum atomic E-state index is 12.0. The van der Waals surface area contributed by atoms with E-state index in [1.165, 1.54) is 6.08 Å². The van der Waals surface area contributed by atoms with Crippen LogP contribution in [0.15, 0.2) is 61.7 Å². The molecule has 4 aromatic rings. The molecule has 6 rings (SSSR count). The lowest BCUT2D eigenvalue weighted by molar-refractivity contribution is -0.127. The number of fused-ring (bicyclic) bond motifs is 1. The van der Waals surface area contributed by atoms with Gasteiger partial charge in [-0.15, -0.1) is 0 Å². The van der Waals surface area contributed by atoms with Crippen LogP contribution in [0.3, 0.4) is 0 Å². The third kappa shape index (κ3) is 6.06.